The van der Waals surface area contributed by atoms with Gasteiger partial charge in [0.2, 0.25) is 5.91 Å². The minimum Gasteiger partial charge on any atom is -0.478 e. The molecule has 2 N–H and O–H groups in total. The molecule has 0 heterocycles. The number of rotatable bonds is 20. The maximum absolute atomic E-state index is 12.0. The summed E-state index contributed by atoms with van der Waals surface area (Å²) in [5.41, 5.74) is 0.848. The average Bonchev–Trinajstić information content (AvgIpc) is 2.87. The van der Waals surface area contributed by atoms with Crippen LogP contribution in [0.1, 0.15) is 139 Å². The highest BCUT2D eigenvalue weighted by molar-refractivity contribution is 5.92. The van der Waals surface area contributed by atoms with E-state index in [1.54, 1.807) is 12.1 Å². The smallest absolute Gasteiger partial charge is 0.335 e. The van der Waals surface area contributed by atoms with Crippen molar-refractivity contribution in [3.05, 3.63) is 29.8 Å². The Morgan fingerprint density at radius 1 is 0.667 bits per heavy atom. The number of carbonyl (C=O) groups is 2. The van der Waals surface area contributed by atoms with Gasteiger partial charge in [-0.25, -0.2) is 4.79 Å². The van der Waals surface area contributed by atoms with E-state index in [1.807, 2.05) is 0 Å². The minimum atomic E-state index is -0.969. The third kappa shape index (κ3) is 18.6. The maximum Gasteiger partial charge on any atom is 0.335 e. The van der Waals surface area contributed by atoms with Gasteiger partial charge in [0.15, 0.2) is 0 Å². The molecule has 0 saturated heterocycles. The number of nitrogens with one attached hydrogen (secondary N) is 1. The SMILES string of the molecule is CCCCCCCCCCCCC#CC#CCCCCCCCCC(=O)Nc1ccc(C(=O)O)cc1. The summed E-state index contributed by atoms with van der Waals surface area (Å²) in [5, 5.41) is 11.7. The summed E-state index contributed by atoms with van der Waals surface area (Å²) < 4.78 is 0. The van der Waals surface area contributed by atoms with Crippen molar-refractivity contribution in [3.8, 4) is 23.7 Å². The highest BCUT2D eigenvalue weighted by Gasteiger charge is 2.05. The van der Waals surface area contributed by atoms with Crippen LogP contribution in [-0.2, 0) is 4.79 Å². The topological polar surface area (TPSA) is 66.4 Å². The highest BCUT2D eigenvalue weighted by Crippen LogP contribution is 2.13. The van der Waals surface area contributed by atoms with Gasteiger partial charge in [0.25, 0.3) is 0 Å². The molecule has 0 aliphatic heterocycles. The van der Waals surface area contributed by atoms with Gasteiger partial charge in [0, 0.05) is 24.9 Å². The van der Waals surface area contributed by atoms with E-state index in [-0.39, 0.29) is 11.5 Å². The second-order valence-electron chi connectivity index (χ2n) is 9.59. The lowest BCUT2D eigenvalue weighted by molar-refractivity contribution is -0.116. The lowest BCUT2D eigenvalue weighted by Gasteiger charge is -2.05. The number of amides is 1. The molecule has 0 bridgehead atoms. The van der Waals surface area contributed by atoms with Crippen LogP contribution < -0.4 is 5.32 Å². The molecule has 0 fully saturated rings. The Morgan fingerprint density at radius 3 is 1.58 bits per heavy atom. The van der Waals surface area contributed by atoms with Crippen LogP contribution in [-0.4, -0.2) is 17.0 Å². The van der Waals surface area contributed by atoms with Crippen molar-refractivity contribution in [1.82, 2.24) is 0 Å². The van der Waals surface area contributed by atoms with E-state index in [9.17, 15) is 9.59 Å². The quantitative estimate of drug-likeness (QED) is 0.141. The van der Waals surface area contributed by atoms with E-state index >= 15 is 0 Å². The number of anilines is 1. The van der Waals surface area contributed by atoms with Gasteiger partial charge < -0.3 is 10.4 Å². The van der Waals surface area contributed by atoms with Crippen LogP contribution in [0.4, 0.5) is 5.69 Å². The van der Waals surface area contributed by atoms with E-state index in [4.69, 9.17) is 5.11 Å². The summed E-state index contributed by atoms with van der Waals surface area (Å²) in [6.45, 7) is 2.27. The van der Waals surface area contributed by atoms with E-state index < -0.39 is 5.97 Å². The van der Waals surface area contributed by atoms with Crippen molar-refractivity contribution in [1.29, 1.82) is 0 Å². The predicted molar refractivity (Wildman–Crippen MR) is 151 cm³/mol. The number of unbranched alkanes of at least 4 members (excludes halogenated alkanes) is 16. The molecule has 0 aliphatic rings. The second-order valence-corrected chi connectivity index (χ2v) is 9.59. The fourth-order valence-corrected chi connectivity index (χ4v) is 4.04. The second kappa shape index (κ2) is 22.7. The lowest BCUT2D eigenvalue weighted by Crippen LogP contribution is -2.11. The predicted octanol–water partition coefficient (Wildman–Crippen LogP) is 8.76. The van der Waals surface area contributed by atoms with E-state index in [1.165, 1.54) is 89.2 Å². The van der Waals surface area contributed by atoms with Crippen LogP contribution in [0.15, 0.2) is 24.3 Å². The summed E-state index contributed by atoms with van der Waals surface area (Å²) in [4.78, 5) is 22.8. The average molecular weight is 494 g/mol. The summed E-state index contributed by atoms with van der Waals surface area (Å²) in [6.07, 6.45) is 22.4. The molecule has 198 valence electrons. The van der Waals surface area contributed by atoms with Gasteiger partial charge in [0.05, 0.1) is 5.56 Å². The van der Waals surface area contributed by atoms with Crippen LogP contribution in [0.5, 0.6) is 0 Å². The Balaban J connectivity index is 1.88. The van der Waals surface area contributed by atoms with E-state index in [0.717, 1.165) is 38.5 Å². The van der Waals surface area contributed by atoms with Gasteiger partial charge in [-0.3, -0.25) is 4.79 Å². The zero-order valence-corrected chi connectivity index (χ0v) is 22.5. The Bertz CT molecular complexity index is 836. The number of benzene rings is 1. The summed E-state index contributed by atoms with van der Waals surface area (Å²) >= 11 is 0. The van der Waals surface area contributed by atoms with Crippen LogP contribution in [0.25, 0.3) is 0 Å². The summed E-state index contributed by atoms with van der Waals surface area (Å²) in [5.74, 6) is 11.3. The van der Waals surface area contributed by atoms with Crippen molar-refractivity contribution in [3.63, 3.8) is 0 Å². The van der Waals surface area contributed by atoms with Crippen LogP contribution in [0, 0.1) is 23.7 Å². The molecule has 0 atom stereocenters. The first-order chi connectivity index (χ1) is 17.6. The summed E-state index contributed by atoms with van der Waals surface area (Å²) in [7, 11) is 0. The molecule has 1 rings (SSSR count). The first-order valence-electron chi connectivity index (χ1n) is 14.2. The fourth-order valence-electron chi connectivity index (χ4n) is 4.04. The molecular weight excluding hydrogens is 446 g/mol. The fraction of sp³-hybridized carbons (Fsp3) is 0.625. The molecule has 0 radical (unpaired) electrons. The third-order valence-electron chi connectivity index (χ3n) is 6.27. The monoisotopic (exact) mass is 493 g/mol. The molecule has 0 aliphatic carbocycles. The largest absolute Gasteiger partial charge is 0.478 e. The van der Waals surface area contributed by atoms with Gasteiger partial charge in [-0.05, 0) is 55.4 Å². The van der Waals surface area contributed by atoms with Gasteiger partial charge in [-0.15, -0.1) is 0 Å². The molecule has 1 aromatic carbocycles. The van der Waals surface area contributed by atoms with Crippen LogP contribution >= 0.6 is 0 Å². The van der Waals surface area contributed by atoms with Crippen molar-refractivity contribution >= 4 is 17.6 Å². The number of aromatic carboxylic acids is 1. The highest BCUT2D eigenvalue weighted by atomic mass is 16.4. The molecular formula is C32H47NO3. The minimum absolute atomic E-state index is 0.0253. The number of carboxylic acid groups (broad SMARTS) is 1. The Morgan fingerprint density at radius 2 is 1.11 bits per heavy atom. The number of carboxylic acids is 1. The zero-order chi connectivity index (χ0) is 26.1. The van der Waals surface area contributed by atoms with Gasteiger partial charge in [-0.1, -0.05) is 102 Å². The van der Waals surface area contributed by atoms with E-state index in [2.05, 4.69) is 35.9 Å². The van der Waals surface area contributed by atoms with Crippen LogP contribution in [0.3, 0.4) is 0 Å². The van der Waals surface area contributed by atoms with E-state index in [0.29, 0.717) is 12.1 Å². The van der Waals surface area contributed by atoms with Gasteiger partial charge in [-0.2, -0.15) is 0 Å². The molecule has 0 unspecified atom stereocenters. The van der Waals surface area contributed by atoms with Gasteiger partial charge in [0.1, 0.15) is 0 Å². The molecule has 1 amide bonds. The Hall–Kier alpha value is -2.72. The number of carbonyl (C=O) groups excluding carboxylic acids is 1. The first-order valence-corrected chi connectivity index (χ1v) is 14.2. The maximum atomic E-state index is 12.0. The molecule has 4 heteroatoms. The zero-order valence-electron chi connectivity index (χ0n) is 22.5. The lowest BCUT2D eigenvalue weighted by atomic mass is 10.1. The number of hydrogen-bond donors (Lipinski definition) is 2. The molecule has 1 aromatic rings. The third-order valence-corrected chi connectivity index (χ3v) is 6.27. The molecule has 0 spiro atoms. The molecule has 0 saturated carbocycles. The first kappa shape index (κ1) is 31.3. The van der Waals surface area contributed by atoms with Crippen molar-refractivity contribution < 1.29 is 14.7 Å². The normalized spacial score (nSPS) is 10.1. The van der Waals surface area contributed by atoms with Crippen molar-refractivity contribution in [2.24, 2.45) is 0 Å². The molecule has 36 heavy (non-hydrogen) atoms. The molecule has 0 aromatic heterocycles. The standard InChI is InChI=1S/C32H47NO3/c1-2-3-4-5-6-7-8-9-10-11-12-13-14-15-16-17-18-19-20-21-22-23-24-31(34)33-30-27-25-29(26-28-30)32(35)36/h25-28H,2-12,17-24H2,1H3,(H,33,34)(H,35,36). The summed E-state index contributed by atoms with van der Waals surface area (Å²) in [6, 6.07) is 6.23. The number of hydrogen-bond acceptors (Lipinski definition) is 2. The molecule has 4 nitrogen and oxygen atoms in total. The Labute approximate surface area is 220 Å². The van der Waals surface area contributed by atoms with Crippen molar-refractivity contribution in [2.75, 3.05) is 5.32 Å². The van der Waals surface area contributed by atoms with Crippen molar-refractivity contribution in [2.45, 2.75) is 129 Å². The Kier molecular flexibility index (Phi) is 19.8. The van der Waals surface area contributed by atoms with Crippen LogP contribution in [0.2, 0.25) is 0 Å². The van der Waals surface area contributed by atoms with Gasteiger partial charge >= 0.3 is 5.97 Å².